The van der Waals surface area contributed by atoms with E-state index in [-0.39, 0.29) is 42.5 Å². The maximum atomic E-state index is 14.2. The number of fused-ring (bicyclic) bond motifs is 1. The van der Waals surface area contributed by atoms with Crippen LogP contribution in [0.4, 0.5) is 0 Å². The third kappa shape index (κ3) is 8.56. The molecule has 3 saturated heterocycles. The van der Waals surface area contributed by atoms with Crippen LogP contribution in [0.2, 0.25) is 0 Å². The molecule has 0 bridgehead atoms. The molecular formula is C46H53N9O6S. The van der Waals surface area contributed by atoms with Gasteiger partial charge in [-0.1, -0.05) is 50.2 Å². The number of rotatable bonds is 14. The number of aromatic hydroxyl groups is 1. The second kappa shape index (κ2) is 17.6. The van der Waals surface area contributed by atoms with Crippen molar-refractivity contribution in [1.82, 2.24) is 45.3 Å². The topological polar surface area (TPSA) is 186 Å². The van der Waals surface area contributed by atoms with Gasteiger partial charge in [0.1, 0.15) is 24.3 Å². The number of hydrogen-bond donors (Lipinski definition) is 4. The Morgan fingerprint density at radius 2 is 1.84 bits per heavy atom. The predicted molar refractivity (Wildman–Crippen MR) is 235 cm³/mol. The number of carbonyl (C=O) groups is 2. The number of benzene rings is 2. The Bertz CT molecular complexity index is 2530. The van der Waals surface area contributed by atoms with Crippen LogP contribution in [0.25, 0.3) is 32.7 Å². The van der Waals surface area contributed by atoms with Gasteiger partial charge in [0.15, 0.2) is 11.4 Å². The van der Waals surface area contributed by atoms with Crippen molar-refractivity contribution in [3.05, 3.63) is 95.0 Å². The number of thiazole rings is 1. The molecule has 0 saturated carbocycles. The number of hydrogen-bond acceptors (Lipinski definition) is 13. The molecule has 15 nitrogen and oxygen atoms in total. The fraction of sp³-hybridized carbons (Fsp3) is 0.435. The largest absolute Gasteiger partial charge is 0.507 e. The molecule has 62 heavy (non-hydrogen) atoms. The Labute approximate surface area is 364 Å². The summed E-state index contributed by atoms with van der Waals surface area (Å²) in [6.07, 6.45) is 0.427. The van der Waals surface area contributed by atoms with Crippen molar-refractivity contribution in [3.8, 4) is 33.3 Å². The molecule has 0 radical (unpaired) electrons. The standard InChI is InChI=1S/C46H53N9O6S/c1-26(2)42(46(59)55-24-34(56)19-38(55)45(58)48-27(3)29-9-11-30(12-10-29)43-28(4)47-25-62-43)40-20-41(52-61-40)60-16-15-53-14-13-33(23-53)54-21-32(22-54)36-17-31-18-37(50-51-44(31)49-36)35-7-5-6-8-39(35)57/h5-12,17-18,20,25-27,32-34,38,42,56-57H,13-16,19,21-24H2,1-4H3,(H,48,58)(H,49,51)/t27-,33?,34+,38-,42+/m0/s1. The van der Waals surface area contributed by atoms with Gasteiger partial charge in [-0.15, -0.1) is 21.5 Å². The number of carbonyl (C=O) groups excluding carboxylic acids is 2. The number of likely N-dealkylation sites (tertiary alicyclic amines) is 3. The second-order valence-electron chi connectivity index (χ2n) is 17.3. The van der Waals surface area contributed by atoms with Crippen molar-refractivity contribution in [2.24, 2.45) is 5.92 Å². The fourth-order valence-corrected chi connectivity index (χ4v) is 10.0. The number of aromatic nitrogens is 5. The first-order valence-electron chi connectivity index (χ1n) is 21.5. The maximum Gasteiger partial charge on any atom is 0.254 e. The van der Waals surface area contributed by atoms with Crippen LogP contribution in [0.5, 0.6) is 11.6 Å². The van der Waals surface area contributed by atoms with Crippen molar-refractivity contribution < 1.29 is 29.1 Å². The molecule has 3 fully saturated rings. The van der Waals surface area contributed by atoms with E-state index in [4.69, 9.17) is 9.26 Å². The lowest BCUT2D eigenvalue weighted by atomic mass is 9.91. The molecule has 0 spiro atoms. The molecule has 4 aromatic heterocycles. The van der Waals surface area contributed by atoms with E-state index in [1.54, 1.807) is 29.5 Å². The minimum Gasteiger partial charge on any atom is -0.507 e. The number of nitrogens with zero attached hydrogens (tertiary/aromatic N) is 7. The van der Waals surface area contributed by atoms with Gasteiger partial charge in [0.05, 0.1) is 33.9 Å². The Balaban J connectivity index is 0.746. The highest BCUT2D eigenvalue weighted by Gasteiger charge is 2.44. The molecule has 1 unspecified atom stereocenters. The Hall–Kier alpha value is -5.68. The van der Waals surface area contributed by atoms with Crippen LogP contribution in [0, 0.1) is 12.8 Å². The van der Waals surface area contributed by atoms with Gasteiger partial charge in [-0.3, -0.25) is 19.4 Å². The van der Waals surface area contributed by atoms with Crippen LogP contribution in [0.3, 0.4) is 0 Å². The van der Waals surface area contributed by atoms with Crippen molar-refractivity contribution in [3.63, 3.8) is 0 Å². The third-order valence-corrected chi connectivity index (χ3v) is 13.7. The fourth-order valence-electron chi connectivity index (χ4n) is 9.20. The number of aromatic amines is 1. The lowest BCUT2D eigenvalue weighted by Gasteiger charge is -2.43. The van der Waals surface area contributed by atoms with Crippen LogP contribution in [0.15, 0.2) is 76.8 Å². The SMILES string of the molecule is Cc1ncsc1-c1ccc([C@H](C)NC(=O)[C@@H]2C[C@@H](O)CN2C(=O)[C@@H](c2cc(OCCN3CCC(N4CC(c5cc6cc(-c7ccccc7O)nnc6[nH]5)C4)C3)no2)C(C)C)cc1. The Morgan fingerprint density at radius 3 is 2.60 bits per heavy atom. The highest BCUT2D eigenvalue weighted by molar-refractivity contribution is 7.13. The van der Waals surface area contributed by atoms with E-state index in [1.165, 1.54) is 4.90 Å². The molecule has 6 aromatic rings. The molecular weight excluding hydrogens is 807 g/mol. The summed E-state index contributed by atoms with van der Waals surface area (Å²) in [6.45, 7) is 12.9. The van der Waals surface area contributed by atoms with Crippen LogP contribution < -0.4 is 10.1 Å². The number of aliphatic hydroxyl groups is 1. The van der Waals surface area contributed by atoms with E-state index in [9.17, 15) is 19.8 Å². The summed E-state index contributed by atoms with van der Waals surface area (Å²) in [5, 5.41) is 37.9. The van der Waals surface area contributed by atoms with E-state index in [0.29, 0.717) is 41.5 Å². The zero-order valence-electron chi connectivity index (χ0n) is 35.4. The van der Waals surface area contributed by atoms with Crippen molar-refractivity contribution >= 4 is 34.2 Å². The Morgan fingerprint density at radius 1 is 1.03 bits per heavy atom. The first kappa shape index (κ1) is 41.7. The summed E-state index contributed by atoms with van der Waals surface area (Å²) in [5.74, 6) is -0.201. The summed E-state index contributed by atoms with van der Waals surface area (Å²) in [4.78, 5) is 43.2. The van der Waals surface area contributed by atoms with Gasteiger partial charge in [0.2, 0.25) is 11.8 Å². The average Bonchev–Trinajstić information content (AvgIpc) is 4.10. The number of phenolic OH excluding ortho intramolecular Hbond substituents is 1. The minimum absolute atomic E-state index is 0.0603. The lowest BCUT2D eigenvalue weighted by Crippen LogP contribution is -2.51. The molecule has 9 rings (SSSR count). The van der Waals surface area contributed by atoms with Crippen molar-refractivity contribution in [1.29, 1.82) is 0 Å². The van der Waals surface area contributed by atoms with Gasteiger partial charge in [-0.25, -0.2) is 4.98 Å². The van der Waals surface area contributed by atoms with Gasteiger partial charge in [0, 0.05) is 73.8 Å². The molecule has 2 aromatic carbocycles. The number of para-hydroxylation sites is 1. The van der Waals surface area contributed by atoms with Crippen molar-refractivity contribution in [2.45, 2.75) is 76.6 Å². The Kier molecular flexibility index (Phi) is 11.8. The summed E-state index contributed by atoms with van der Waals surface area (Å²) < 4.78 is 11.8. The zero-order valence-corrected chi connectivity index (χ0v) is 36.2. The highest BCUT2D eigenvalue weighted by Crippen LogP contribution is 2.36. The first-order chi connectivity index (χ1) is 30.0. The number of H-pyrrole nitrogens is 1. The van der Waals surface area contributed by atoms with Gasteiger partial charge in [-0.2, -0.15) is 0 Å². The molecule has 324 valence electrons. The number of nitrogens with one attached hydrogen (secondary N) is 2. The van der Waals surface area contributed by atoms with Gasteiger partial charge in [-0.05, 0) is 73.3 Å². The van der Waals surface area contributed by atoms with E-state index in [0.717, 1.165) is 77.6 Å². The summed E-state index contributed by atoms with van der Waals surface area (Å²) in [5.41, 5.74) is 8.04. The monoisotopic (exact) mass is 859 g/mol. The number of aliphatic hydroxyl groups excluding tert-OH is 1. The number of amides is 2. The average molecular weight is 860 g/mol. The molecule has 3 aliphatic heterocycles. The van der Waals surface area contributed by atoms with E-state index in [1.807, 2.05) is 75.7 Å². The maximum absolute atomic E-state index is 14.2. The number of β-amino-alcohol motifs (C(OH)–C–C–N with tert-alkyl or cyclic N) is 1. The summed E-state index contributed by atoms with van der Waals surface area (Å²) in [7, 11) is 0. The smallest absolute Gasteiger partial charge is 0.254 e. The van der Waals surface area contributed by atoms with Crippen molar-refractivity contribution in [2.75, 3.05) is 45.9 Å². The van der Waals surface area contributed by atoms with E-state index >= 15 is 0 Å². The minimum atomic E-state index is -0.820. The van der Waals surface area contributed by atoms with Crippen LogP contribution in [-0.2, 0) is 9.59 Å². The number of phenols is 1. The summed E-state index contributed by atoms with van der Waals surface area (Å²) in [6, 6.07) is 20.4. The second-order valence-corrected chi connectivity index (χ2v) is 18.2. The van der Waals surface area contributed by atoms with Gasteiger partial charge in [0.25, 0.3) is 5.88 Å². The summed E-state index contributed by atoms with van der Waals surface area (Å²) >= 11 is 1.59. The number of ether oxygens (including phenoxy) is 1. The van der Waals surface area contributed by atoms with E-state index < -0.39 is 18.1 Å². The third-order valence-electron chi connectivity index (χ3n) is 12.7. The molecule has 7 heterocycles. The van der Waals surface area contributed by atoms with Gasteiger partial charge >= 0.3 is 0 Å². The molecule has 2 amide bonds. The molecule has 0 aliphatic carbocycles. The first-order valence-corrected chi connectivity index (χ1v) is 22.4. The normalized spacial score (nSPS) is 20.8. The zero-order chi connectivity index (χ0) is 43.1. The quantitative estimate of drug-likeness (QED) is 0.102. The molecule has 5 atom stereocenters. The highest BCUT2D eigenvalue weighted by atomic mass is 32.1. The molecule has 3 aliphatic rings. The molecule has 4 N–H and O–H groups in total. The van der Waals surface area contributed by atoms with Gasteiger partial charge < -0.3 is 34.7 Å². The molecule has 16 heteroatoms. The lowest BCUT2D eigenvalue weighted by molar-refractivity contribution is -0.141. The number of aryl methyl sites for hydroxylation is 1. The predicted octanol–water partition coefficient (Wildman–Crippen LogP) is 5.88. The van der Waals surface area contributed by atoms with E-state index in [2.05, 4.69) is 46.5 Å². The van der Waals surface area contributed by atoms with Crippen LogP contribution in [0.1, 0.15) is 74.2 Å². The van der Waals surface area contributed by atoms with Crippen LogP contribution >= 0.6 is 11.3 Å². The van der Waals surface area contributed by atoms with Crippen LogP contribution in [-0.4, -0.2) is 126 Å².